The zero-order valence-corrected chi connectivity index (χ0v) is 9.96. The van der Waals surface area contributed by atoms with Crippen LogP contribution < -0.4 is 0 Å². The molecule has 0 heteroatoms. The molecular formula is C15H20. The van der Waals surface area contributed by atoms with E-state index in [2.05, 4.69) is 39.0 Å². The Labute approximate surface area is 92.7 Å². The second kappa shape index (κ2) is 3.10. The van der Waals surface area contributed by atoms with Crippen molar-refractivity contribution in [3.8, 4) is 0 Å². The lowest BCUT2D eigenvalue weighted by Crippen LogP contribution is -2.11. The van der Waals surface area contributed by atoms with Crippen LogP contribution >= 0.6 is 0 Å². The number of rotatable bonds is 1. The van der Waals surface area contributed by atoms with Crippen LogP contribution in [0.15, 0.2) is 18.2 Å². The molecule has 0 aromatic heterocycles. The summed E-state index contributed by atoms with van der Waals surface area (Å²) in [7, 11) is 0. The summed E-state index contributed by atoms with van der Waals surface area (Å²) in [6.07, 6.45) is 2.87. The summed E-state index contributed by atoms with van der Waals surface area (Å²) < 4.78 is 0. The first-order chi connectivity index (χ1) is 7.20. The van der Waals surface area contributed by atoms with E-state index < -0.39 is 0 Å². The number of hydrogen-bond donors (Lipinski definition) is 0. The topological polar surface area (TPSA) is 0 Å². The molecule has 2 aliphatic rings. The van der Waals surface area contributed by atoms with E-state index in [4.69, 9.17) is 0 Å². The lowest BCUT2D eigenvalue weighted by molar-refractivity contribution is 0.352. The number of benzene rings is 1. The summed E-state index contributed by atoms with van der Waals surface area (Å²) in [5, 5.41) is 0. The molecule has 0 heterocycles. The molecule has 80 valence electrons. The van der Waals surface area contributed by atoms with Crippen LogP contribution in [0, 0.1) is 18.8 Å². The van der Waals surface area contributed by atoms with Crippen molar-refractivity contribution in [2.45, 2.75) is 45.4 Å². The molecular weight excluding hydrogens is 180 g/mol. The third-order valence-corrected chi connectivity index (χ3v) is 4.62. The van der Waals surface area contributed by atoms with Crippen LogP contribution in [0.2, 0.25) is 0 Å². The molecule has 1 fully saturated rings. The maximum absolute atomic E-state index is 2.40. The Morgan fingerprint density at radius 3 is 2.53 bits per heavy atom. The van der Waals surface area contributed by atoms with Gasteiger partial charge in [0.15, 0.2) is 0 Å². The van der Waals surface area contributed by atoms with Gasteiger partial charge in [0.25, 0.3) is 0 Å². The first-order valence-electron chi connectivity index (χ1n) is 6.29. The summed E-state index contributed by atoms with van der Waals surface area (Å²) in [6.45, 7) is 7.09. The summed E-state index contributed by atoms with van der Waals surface area (Å²) in [4.78, 5) is 0. The number of fused-ring (bicyclic) bond motifs is 5. The van der Waals surface area contributed by atoms with Crippen LogP contribution in [0.25, 0.3) is 0 Å². The van der Waals surface area contributed by atoms with Gasteiger partial charge in [0.1, 0.15) is 0 Å². The highest BCUT2D eigenvalue weighted by atomic mass is 14.5. The van der Waals surface area contributed by atoms with Crippen LogP contribution in [0.1, 0.15) is 55.2 Å². The van der Waals surface area contributed by atoms with Crippen LogP contribution in [0.4, 0.5) is 0 Å². The average Bonchev–Trinajstić information content (AvgIpc) is 2.73. The molecule has 0 amide bonds. The molecule has 3 atom stereocenters. The monoisotopic (exact) mass is 200 g/mol. The fraction of sp³-hybridized carbons (Fsp3) is 0.600. The second-order valence-corrected chi connectivity index (χ2v) is 5.69. The molecule has 1 saturated carbocycles. The van der Waals surface area contributed by atoms with Gasteiger partial charge in [-0.2, -0.15) is 0 Å². The van der Waals surface area contributed by atoms with Crippen molar-refractivity contribution in [2.75, 3.05) is 0 Å². The van der Waals surface area contributed by atoms with Gasteiger partial charge in [-0.15, -0.1) is 0 Å². The van der Waals surface area contributed by atoms with Gasteiger partial charge in [0, 0.05) is 0 Å². The SMILES string of the molecule is Cc1cccc2c1C1CCC2[C@H]1C(C)C. The Bertz CT molecular complexity index is 389. The van der Waals surface area contributed by atoms with Crippen molar-refractivity contribution >= 4 is 0 Å². The van der Waals surface area contributed by atoms with E-state index in [0.29, 0.717) is 0 Å². The van der Waals surface area contributed by atoms with Crippen LogP contribution in [-0.4, -0.2) is 0 Å². The van der Waals surface area contributed by atoms with Crippen molar-refractivity contribution < 1.29 is 0 Å². The third-order valence-electron chi connectivity index (χ3n) is 4.62. The van der Waals surface area contributed by atoms with Gasteiger partial charge >= 0.3 is 0 Å². The van der Waals surface area contributed by atoms with Crippen molar-refractivity contribution in [3.63, 3.8) is 0 Å². The maximum atomic E-state index is 2.40. The van der Waals surface area contributed by atoms with Gasteiger partial charge in [-0.3, -0.25) is 0 Å². The summed E-state index contributed by atoms with van der Waals surface area (Å²) in [5.74, 6) is 3.53. The minimum absolute atomic E-state index is 0.842. The fourth-order valence-corrected chi connectivity index (χ4v) is 4.19. The first-order valence-corrected chi connectivity index (χ1v) is 6.29. The minimum atomic E-state index is 0.842. The molecule has 0 aliphatic heterocycles. The first kappa shape index (κ1) is 9.45. The van der Waals surface area contributed by atoms with Gasteiger partial charge in [-0.05, 0) is 60.1 Å². The van der Waals surface area contributed by atoms with Crippen molar-refractivity contribution in [1.82, 2.24) is 0 Å². The smallest absolute Gasteiger partial charge is 0.0120 e. The predicted molar refractivity (Wildman–Crippen MR) is 64.2 cm³/mol. The van der Waals surface area contributed by atoms with E-state index in [1.807, 2.05) is 0 Å². The zero-order valence-electron chi connectivity index (χ0n) is 9.96. The Balaban J connectivity index is 2.13. The second-order valence-electron chi connectivity index (χ2n) is 5.69. The molecule has 0 N–H and O–H groups in total. The molecule has 1 aromatic carbocycles. The minimum Gasteiger partial charge on any atom is -0.0625 e. The number of aryl methyl sites for hydroxylation is 1. The van der Waals surface area contributed by atoms with E-state index in [1.165, 1.54) is 18.4 Å². The Hall–Kier alpha value is -0.780. The third kappa shape index (κ3) is 1.14. The fourth-order valence-electron chi connectivity index (χ4n) is 4.19. The molecule has 0 saturated heterocycles. The molecule has 2 bridgehead atoms. The summed E-state index contributed by atoms with van der Waals surface area (Å²) in [5.41, 5.74) is 4.93. The Morgan fingerprint density at radius 1 is 1.13 bits per heavy atom. The normalized spacial score (nSPS) is 32.4. The Kier molecular flexibility index (Phi) is 1.95. The molecule has 1 aromatic rings. The highest BCUT2D eigenvalue weighted by molar-refractivity contribution is 5.47. The number of hydrogen-bond acceptors (Lipinski definition) is 0. The lowest BCUT2D eigenvalue weighted by Gasteiger charge is -2.20. The quantitative estimate of drug-likeness (QED) is 0.636. The average molecular weight is 200 g/mol. The van der Waals surface area contributed by atoms with Crippen molar-refractivity contribution in [1.29, 1.82) is 0 Å². The standard InChI is InChI=1S/C15H20/c1-9(2)14-12-7-8-13(14)15-10(3)5-4-6-11(12)15/h4-6,9,12-14H,7-8H2,1-3H3/t12?,13?,14-/m1/s1. The molecule has 2 unspecified atom stereocenters. The molecule has 3 rings (SSSR count). The maximum Gasteiger partial charge on any atom is -0.0120 e. The predicted octanol–water partition coefficient (Wildman–Crippen LogP) is 4.24. The van der Waals surface area contributed by atoms with Crippen LogP contribution in [0.5, 0.6) is 0 Å². The summed E-state index contributed by atoms with van der Waals surface area (Å²) >= 11 is 0. The van der Waals surface area contributed by atoms with Crippen LogP contribution in [-0.2, 0) is 0 Å². The molecule has 2 aliphatic carbocycles. The van der Waals surface area contributed by atoms with Gasteiger partial charge in [0.05, 0.1) is 0 Å². The van der Waals surface area contributed by atoms with Crippen molar-refractivity contribution in [2.24, 2.45) is 11.8 Å². The van der Waals surface area contributed by atoms with Gasteiger partial charge < -0.3 is 0 Å². The van der Waals surface area contributed by atoms with Gasteiger partial charge in [0.2, 0.25) is 0 Å². The molecule has 0 spiro atoms. The van der Waals surface area contributed by atoms with Crippen molar-refractivity contribution in [3.05, 3.63) is 34.9 Å². The van der Waals surface area contributed by atoms with E-state index in [9.17, 15) is 0 Å². The molecule has 0 radical (unpaired) electrons. The Morgan fingerprint density at radius 2 is 1.87 bits per heavy atom. The van der Waals surface area contributed by atoms with E-state index in [-0.39, 0.29) is 0 Å². The van der Waals surface area contributed by atoms with E-state index in [1.54, 1.807) is 11.1 Å². The summed E-state index contributed by atoms with van der Waals surface area (Å²) in [6, 6.07) is 6.91. The van der Waals surface area contributed by atoms with E-state index in [0.717, 1.165) is 23.7 Å². The lowest BCUT2D eigenvalue weighted by atomic mass is 9.84. The van der Waals surface area contributed by atoms with Crippen LogP contribution in [0.3, 0.4) is 0 Å². The van der Waals surface area contributed by atoms with Gasteiger partial charge in [-0.25, -0.2) is 0 Å². The highest BCUT2D eigenvalue weighted by Crippen LogP contribution is 2.60. The largest absolute Gasteiger partial charge is 0.0625 e. The molecule has 15 heavy (non-hydrogen) atoms. The zero-order chi connectivity index (χ0) is 10.6. The highest BCUT2D eigenvalue weighted by Gasteiger charge is 2.47. The van der Waals surface area contributed by atoms with Gasteiger partial charge in [-0.1, -0.05) is 32.0 Å². The van der Waals surface area contributed by atoms with E-state index >= 15 is 0 Å². The molecule has 0 nitrogen and oxygen atoms in total.